The molecule has 1 saturated heterocycles. The zero-order valence-corrected chi connectivity index (χ0v) is 13.5. The number of benzene rings is 1. The third-order valence-electron chi connectivity index (χ3n) is 3.75. The smallest absolute Gasteiger partial charge is 0.223 e. The number of nitrogens with zero attached hydrogens (tertiary/aromatic N) is 1. The Bertz CT molecular complexity index is 473. The Morgan fingerprint density at radius 3 is 2.81 bits per heavy atom. The number of nitrogens with two attached hydrogens (primary N) is 1. The summed E-state index contributed by atoms with van der Waals surface area (Å²) in [6.07, 6.45) is 5.04. The predicted octanol–water partition coefficient (Wildman–Crippen LogP) is 3.03. The van der Waals surface area contributed by atoms with Gasteiger partial charge in [0.15, 0.2) is 0 Å². The van der Waals surface area contributed by atoms with Crippen molar-refractivity contribution in [3.63, 3.8) is 0 Å². The minimum absolute atomic E-state index is 0.0606. The van der Waals surface area contributed by atoms with Gasteiger partial charge in [0.1, 0.15) is 5.75 Å². The fourth-order valence-corrected chi connectivity index (χ4v) is 3.37. The van der Waals surface area contributed by atoms with Crippen LogP contribution in [0.3, 0.4) is 0 Å². The third-order valence-corrected chi connectivity index (χ3v) is 4.72. The molecule has 0 saturated carbocycles. The second-order valence-electron chi connectivity index (χ2n) is 5.35. The van der Waals surface area contributed by atoms with Crippen LogP contribution in [0, 0.1) is 0 Å². The number of thioether (sulfide) groups is 1. The fourth-order valence-electron chi connectivity index (χ4n) is 2.59. The van der Waals surface area contributed by atoms with Crippen molar-refractivity contribution in [3.8, 4) is 5.75 Å². The van der Waals surface area contributed by atoms with Crippen molar-refractivity contribution in [1.29, 1.82) is 0 Å². The molecular formula is C16H24N2O2S. The summed E-state index contributed by atoms with van der Waals surface area (Å²) >= 11 is 1.37. The van der Waals surface area contributed by atoms with E-state index in [-0.39, 0.29) is 5.12 Å². The van der Waals surface area contributed by atoms with Crippen molar-refractivity contribution in [2.45, 2.75) is 25.7 Å². The lowest BCUT2D eigenvalue weighted by Crippen LogP contribution is -2.30. The maximum absolute atomic E-state index is 12.2. The number of nitrogen functional groups attached to an aromatic ring is 1. The molecule has 0 bridgehead atoms. The van der Waals surface area contributed by atoms with E-state index in [9.17, 15) is 4.79 Å². The molecule has 1 aliphatic heterocycles. The van der Waals surface area contributed by atoms with Gasteiger partial charge in [0.25, 0.3) is 0 Å². The van der Waals surface area contributed by atoms with Gasteiger partial charge in [-0.2, -0.15) is 0 Å². The van der Waals surface area contributed by atoms with E-state index in [0.717, 1.165) is 18.7 Å². The Morgan fingerprint density at radius 2 is 2.10 bits per heavy atom. The molecule has 116 valence electrons. The SMILES string of the molecule is COc1cc(N)ccc1C(=O)SCCCN1CCCCC1. The highest BCUT2D eigenvalue weighted by Gasteiger charge is 2.14. The van der Waals surface area contributed by atoms with Crippen LogP contribution in [-0.2, 0) is 0 Å². The highest BCUT2D eigenvalue weighted by Crippen LogP contribution is 2.26. The largest absolute Gasteiger partial charge is 0.496 e. The van der Waals surface area contributed by atoms with Crippen molar-refractivity contribution in [2.75, 3.05) is 38.2 Å². The normalized spacial score (nSPS) is 15.9. The summed E-state index contributed by atoms with van der Waals surface area (Å²) in [5, 5.41) is 0.0606. The van der Waals surface area contributed by atoms with Crippen molar-refractivity contribution < 1.29 is 9.53 Å². The van der Waals surface area contributed by atoms with Crippen LogP contribution in [0.25, 0.3) is 0 Å². The first-order valence-electron chi connectivity index (χ1n) is 7.53. The summed E-state index contributed by atoms with van der Waals surface area (Å²) in [5.74, 6) is 1.41. The number of carbonyl (C=O) groups excluding carboxylic acids is 1. The van der Waals surface area contributed by atoms with Gasteiger partial charge in [-0.05, 0) is 51.0 Å². The summed E-state index contributed by atoms with van der Waals surface area (Å²) in [7, 11) is 1.56. The molecule has 4 nitrogen and oxygen atoms in total. The van der Waals surface area contributed by atoms with Crippen molar-refractivity contribution >= 4 is 22.6 Å². The van der Waals surface area contributed by atoms with E-state index in [1.165, 1.54) is 44.1 Å². The standard InChI is InChI=1S/C16H24N2O2S/c1-20-15-12-13(17)6-7-14(15)16(19)21-11-5-10-18-8-3-2-4-9-18/h6-7,12H,2-5,8-11,17H2,1H3. The van der Waals surface area contributed by atoms with E-state index in [4.69, 9.17) is 10.5 Å². The Kier molecular flexibility index (Phi) is 6.39. The molecule has 0 radical (unpaired) electrons. The van der Waals surface area contributed by atoms with Gasteiger partial charge in [0.2, 0.25) is 5.12 Å². The number of methoxy groups -OCH3 is 1. The summed E-state index contributed by atoms with van der Waals surface area (Å²) in [5.41, 5.74) is 6.92. The van der Waals surface area contributed by atoms with Gasteiger partial charge in [0.05, 0.1) is 12.7 Å². The number of ether oxygens (including phenoxy) is 1. The number of hydrogen-bond acceptors (Lipinski definition) is 5. The zero-order chi connectivity index (χ0) is 15.1. The molecule has 0 unspecified atom stereocenters. The summed E-state index contributed by atoms with van der Waals surface area (Å²) in [6, 6.07) is 5.18. The van der Waals surface area contributed by atoms with E-state index >= 15 is 0 Å². The van der Waals surface area contributed by atoms with Gasteiger partial charge in [-0.3, -0.25) is 4.79 Å². The van der Waals surface area contributed by atoms with Crippen molar-refractivity contribution in [2.24, 2.45) is 0 Å². The highest BCUT2D eigenvalue weighted by molar-refractivity contribution is 8.14. The van der Waals surface area contributed by atoms with Gasteiger partial charge in [-0.1, -0.05) is 18.2 Å². The van der Waals surface area contributed by atoms with E-state index in [0.29, 0.717) is 17.0 Å². The molecular weight excluding hydrogens is 284 g/mol. The van der Waals surface area contributed by atoms with E-state index < -0.39 is 0 Å². The van der Waals surface area contributed by atoms with Crippen molar-refractivity contribution in [3.05, 3.63) is 23.8 Å². The number of carbonyl (C=O) groups is 1. The summed E-state index contributed by atoms with van der Waals surface area (Å²) < 4.78 is 5.23. The molecule has 1 heterocycles. The molecule has 1 fully saturated rings. The van der Waals surface area contributed by atoms with Crippen LogP contribution >= 0.6 is 11.8 Å². The van der Waals surface area contributed by atoms with Crippen LogP contribution in [0.1, 0.15) is 36.0 Å². The van der Waals surface area contributed by atoms with Gasteiger partial charge >= 0.3 is 0 Å². The Labute approximate surface area is 131 Å². The number of rotatable bonds is 6. The molecule has 1 aromatic carbocycles. The Morgan fingerprint density at radius 1 is 1.33 bits per heavy atom. The lowest BCUT2D eigenvalue weighted by molar-refractivity contribution is 0.108. The number of piperidine rings is 1. The van der Waals surface area contributed by atoms with Crippen LogP contribution in [0.4, 0.5) is 5.69 Å². The maximum atomic E-state index is 12.2. The minimum Gasteiger partial charge on any atom is -0.496 e. The average molecular weight is 308 g/mol. The lowest BCUT2D eigenvalue weighted by atomic mass is 10.1. The number of anilines is 1. The predicted molar refractivity (Wildman–Crippen MR) is 89.1 cm³/mol. The van der Waals surface area contributed by atoms with Gasteiger partial charge in [0, 0.05) is 17.5 Å². The molecule has 0 aromatic heterocycles. The zero-order valence-electron chi connectivity index (χ0n) is 12.6. The van der Waals surface area contributed by atoms with E-state index in [1.54, 1.807) is 25.3 Å². The molecule has 1 aromatic rings. The van der Waals surface area contributed by atoms with Gasteiger partial charge in [-0.15, -0.1) is 0 Å². The first kappa shape index (κ1) is 16.2. The van der Waals surface area contributed by atoms with Crippen LogP contribution in [0.15, 0.2) is 18.2 Å². The highest BCUT2D eigenvalue weighted by atomic mass is 32.2. The minimum atomic E-state index is 0.0606. The molecule has 0 atom stereocenters. The summed E-state index contributed by atoms with van der Waals surface area (Å²) in [4.78, 5) is 14.7. The fraction of sp³-hybridized carbons (Fsp3) is 0.562. The Balaban J connectivity index is 1.76. The third kappa shape index (κ3) is 4.93. The van der Waals surface area contributed by atoms with Crippen LogP contribution in [0.5, 0.6) is 5.75 Å². The monoisotopic (exact) mass is 308 g/mol. The molecule has 21 heavy (non-hydrogen) atoms. The summed E-state index contributed by atoms with van der Waals surface area (Å²) in [6.45, 7) is 3.52. The first-order chi connectivity index (χ1) is 10.2. The average Bonchev–Trinajstić information content (AvgIpc) is 2.52. The van der Waals surface area contributed by atoms with Crippen LogP contribution in [0.2, 0.25) is 0 Å². The second-order valence-corrected chi connectivity index (χ2v) is 6.42. The molecule has 5 heteroatoms. The first-order valence-corrected chi connectivity index (χ1v) is 8.52. The molecule has 2 N–H and O–H groups in total. The topological polar surface area (TPSA) is 55.6 Å². The van der Waals surface area contributed by atoms with Crippen molar-refractivity contribution in [1.82, 2.24) is 4.90 Å². The molecule has 2 rings (SSSR count). The Hall–Kier alpha value is -1.20. The molecule has 0 aliphatic carbocycles. The maximum Gasteiger partial charge on any atom is 0.223 e. The van der Waals surface area contributed by atoms with Gasteiger partial charge in [-0.25, -0.2) is 0 Å². The molecule has 0 spiro atoms. The molecule has 0 amide bonds. The lowest BCUT2D eigenvalue weighted by Gasteiger charge is -2.26. The van der Waals surface area contributed by atoms with E-state index in [2.05, 4.69) is 4.90 Å². The van der Waals surface area contributed by atoms with Crippen LogP contribution in [-0.4, -0.2) is 42.5 Å². The quantitative estimate of drug-likeness (QED) is 0.646. The number of hydrogen-bond donors (Lipinski definition) is 1. The van der Waals surface area contributed by atoms with Crippen LogP contribution < -0.4 is 10.5 Å². The second kappa shape index (κ2) is 8.29. The molecule has 1 aliphatic rings. The van der Waals surface area contributed by atoms with Gasteiger partial charge < -0.3 is 15.4 Å². The van der Waals surface area contributed by atoms with E-state index in [1.807, 2.05) is 0 Å². The number of likely N-dealkylation sites (tertiary alicyclic amines) is 1.